The van der Waals surface area contributed by atoms with Gasteiger partial charge in [-0.15, -0.1) is 0 Å². The van der Waals surface area contributed by atoms with E-state index < -0.39 is 0 Å². The minimum Gasteiger partial charge on any atom is -0.329 e. The SMILES string of the molecule is CCCCCN1CCCCCC1CN. The van der Waals surface area contributed by atoms with E-state index in [4.69, 9.17) is 5.73 Å². The van der Waals surface area contributed by atoms with Crippen molar-refractivity contribution in [2.24, 2.45) is 5.73 Å². The number of hydrogen-bond acceptors (Lipinski definition) is 2. The summed E-state index contributed by atoms with van der Waals surface area (Å²) in [6, 6.07) is 0.675. The Bertz CT molecular complexity index is 136. The van der Waals surface area contributed by atoms with E-state index in [1.165, 1.54) is 58.0 Å². The maximum atomic E-state index is 5.83. The largest absolute Gasteiger partial charge is 0.329 e. The molecule has 0 amide bonds. The first-order valence-corrected chi connectivity index (χ1v) is 6.32. The normalized spacial score (nSPS) is 24.9. The molecule has 2 N–H and O–H groups in total. The number of unbranched alkanes of at least 4 members (excludes halogenated alkanes) is 2. The molecule has 1 heterocycles. The van der Waals surface area contributed by atoms with Gasteiger partial charge in [-0.05, 0) is 32.4 Å². The second kappa shape index (κ2) is 7.24. The van der Waals surface area contributed by atoms with Gasteiger partial charge < -0.3 is 5.73 Å². The van der Waals surface area contributed by atoms with Crippen LogP contribution in [0.5, 0.6) is 0 Å². The summed E-state index contributed by atoms with van der Waals surface area (Å²) >= 11 is 0. The van der Waals surface area contributed by atoms with Crippen molar-refractivity contribution in [3.8, 4) is 0 Å². The molecule has 84 valence electrons. The van der Waals surface area contributed by atoms with Gasteiger partial charge in [0.1, 0.15) is 0 Å². The van der Waals surface area contributed by atoms with Gasteiger partial charge in [0, 0.05) is 12.6 Å². The van der Waals surface area contributed by atoms with Crippen LogP contribution in [0, 0.1) is 0 Å². The van der Waals surface area contributed by atoms with Gasteiger partial charge in [-0.25, -0.2) is 0 Å². The van der Waals surface area contributed by atoms with Gasteiger partial charge in [0.05, 0.1) is 0 Å². The molecule has 0 saturated carbocycles. The number of hydrogen-bond donors (Lipinski definition) is 1. The highest BCUT2D eigenvalue weighted by molar-refractivity contribution is 4.75. The van der Waals surface area contributed by atoms with Gasteiger partial charge >= 0.3 is 0 Å². The summed E-state index contributed by atoms with van der Waals surface area (Å²) in [7, 11) is 0. The second-order valence-corrected chi connectivity index (χ2v) is 4.48. The fourth-order valence-electron chi connectivity index (χ4n) is 2.36. The molecule has 2 heteroatoms. The Hall–Kier alpha value is -0.0800. The third-order valence-electron chi connectivity index (χ3n) is 3.32. The van der Waals surface area contributed by atoms with Crippen LogP contribution in [0.3, 0.4) is 0 Å². The molecule has 1 fully saturated rings. The molecule has 1 aliphatic heterocycles. The van der Waals surface area contributed by atoms with Gasteiger partial charge in [-0.3, -0.25) is 4.90 Å². The van der Waals surface area contributed by atoms with Crippen LogP contribution in [-0.4, -0.2) is 30.6 Å². The van der Waals surface area contributed by atoms with Crippen molar-refractivity contribution >= 4 is 0 Å². The zero-order valence-corrected chi connectivity index (χ0v) is 9.67. The summed E-state index contributed by atoms with van der Waals surface area (Å²) in [5, 5.41) is 0. The zero-order chi connectivity index (χ0) is 10.2. The van der Waals surface area contributed by atoms with Crippen LogP contribution in [0.4, 0.5) is 0 Å². The number of nitrogens with zero attached hydrogens (tertiary/aromatic N) is 1. The van der Waals surface area contributed by atoms with Crippen LogP contribution in [0.2, 0.25) is 0 Å². The molecule has 0 spiro atoms. The highest BCUT2D eigenvalue weighted by atomic mass is 15.2. The lowest BCUT2D eigenvalue weighted by atomic mass is 10.1. The van der Waals surface area contributed by atoms with Crippen molar-refractivity contribution in [3.63, 3.8) is 0 Å². The zero-order valence-electron chi connectivity index (χ0n) is 9.67. The summed E-state index contributed by atoms with van der Waals surface area (Å²) in [6.07, 6.45) is 9.53. The Kier molecular flexibility index (Phi) is 6.20. The van der Waals surface area contributed by atoms with Crippen LogP contribution < -0.4 is 5.73 Å². The Labute approximate surface area is 88.8 Å². The van der Waals surface area contributed by atoms with Gasteiger partial charge in [0.25, 0.3) is 0 Å². The first-order valence-electron chi connectivity index (χ1n) is 6.32. The lowest BCUT2D eigenvalue weighted by Gasteiger charge is -2.28. The predicted molar refractivity (Wildman–Crippen MR) is 62.4 cm³/mol. The molecule has 0 aliphatic carbocycles. The molecule has 1 unspecified atom stereocenters. The van der Waals surface area contributed by atoms with Crippen molar-refractivity contribution < 1.29 is 0 Å². The lowest BCUT2D eigenvalue weighted by Crippen LogP contribution is -2.40. The van der Waals surface area contributed by atoms with Crippen LogP contribution in [0.15, 0.2) is 0 Å². The number of rotatable bonds is 5. The third-order valence-corrected chi connectivity index (χ3v) is 3.32. The first-order chi connectivity index (χ1) is 6.88. The van der Waals surface area contributed by atoms with Gasteiger partial charge in [0.15, 0.2) is 0 Å². The molecular formula is C12H26N2. The molecule has 1 rings (SSSR count). The smallest absolute Gasteiger partial charge is 0.0218 e. The van der Waals surface area contributed by atoms with E-state index in [-0.39, 0.29) is 0 Å². The molecule has 1 saturated heterocycles. The third kappa shape index (κ3) is 3.97. The Balaban J connectivity index is 2.28. The summed E-state index contributed by atoms with van der Waals surface area (Å²) in [4.78, 5) is 2.63. The average molecular weight is 198 g/mol. The lowest BCUT2D eigenvalue weighted by molar-refractivity contribution is 0.200. The fourth-order valence-corrected chi connectivity index (χ4v) is 2.36. The minimum absolute atomic E-state index is 0.675. The molecule has 0 bridgehead atoms. The number of likely N-dealkylation sites (tertiary alicyclic amines) is 1. The van der Waals surface area contributed by atoms with Gasteiger partial charge in [-0.2, -0.15) is 0 Å². The van der Waals surface area contributed by atoms with Crippen molar-refractivity contribution in [2.45, 2.75) is 57.9 Å². The van der Waals surface area contributed by atoms with E-state index in [1.54, 1.807) is 0 Å². The topological polar surface area (TPSA) is 29.3 Å². The van der Waals surface area contributed by atoms with Crippen molar-refractivity contribution in [3.05, 3.63) is 0 Å². The Morgan fingerprint density at radius 1 is 1.21 bits per heavy atom. The minimum atomic E-state index is 0.675. The molecule has 0 aromatic heterocycles. The molecular weight excluding hydrogens is 172 g/mol. The van der Waals surface area contributed by atoms with Crippen LogP contribution >= 0.6 is 0 Å². The summed E-state index contributed by atoms with van der Waals surface area (Å²) in [5.41, 5.74) is 5.83. The standard InChI is InChI=1S/C12H26N2/c1-2-3-6-9-14-10-7-4-5-8-12(14)11-13/h12H,2-11,13H2,1H3. The molecule has 2 nitrogen and oxygen atoms in total. The van der Waals surface area contributed by atoms with Crippen LogP contribution in [0.1, 0.15) is 51.9 Å². The van der Waals surface area contributed by atoms with E-state index in [0.717, 1.165) is 6.54 Å². The van der Waals surface area contributed by atoms with E-state index in [2.05, 4.69) is 11.8 Å². The summed E-state index contributed by atoms with van der Waals surface area (Å²) < 4.78 is 0. The van der Waals surface area contributed by atoms with Gasteiger partial charge in [0.2, 0.25) is 0 Å². The molecule has 1 atom stereocenters. The van der Waals surface area contributed by atoms with E-state index in [9.17, 15) is 0 Å². The quantitative estimate of drug-likeness (QED) is 0.687. The molecule has 14 heavy (non-hydrogen) atoms. The summed E-state index contributed by atoms with van der Waals surface area (Å²) in [5.74, 6) is 0. The monoisotopic (exact) mass is 198 g/mol. The molecule has 1 aliphatic rings. The first kappa shape index (κ1) is 12.0. The highest BCUT2D eigenvalue weighted by Crippen LogP contribution is 2.16. The Morgan fingerprint density at radius 2 is 2.07 bits per heavy atom. The van der Waals surface area contributed by atoms with E-state index in [1.807, 2.05) is 0 Å². The average Bonchev–Trinajstić information content (AvgIpc) is 2.43. The second-order valence-electron chi connectivity index (χ2n) is 4.48. The Morgan fingerprint density at radius 3 is 2.79 bits per heavy atom. The van der Waals surface area contributed by atoms with Crippen molar-refractivity contribution in [1.82, 2.24) is 4.90 Å². The van der Waals surface area contributed by atoms with Gasteiger partial charge in [-0.1, -0.05) is 32.6 Å². The van der Waals surface area contributed by atoms with E-state index in [0.29, 0.717) is 6.04 Å². The molecule has 0 aromatic rings. The predicted octanol–water partition coefficient (Wildman–Crippen LogP) is 2.38. The van der Waals surface area contributed by atoms with Crippen LogP contribution in [-0.2, 0) is 0 Å². The highest BCUT2D eigenvalue weighted by Gasteiger charge is 2.18. The van der Waals surface area contributed by atoms with E-state index >= 15 is 0 Å². The van der Waals surface area contributed by atoms with Crippen molar-refractivity contribution in [2.75, 3.05) is 19.6 Å². The maximum absolute atomic E-state index is 5.83. The van der Waals surface area contributed by atoms with Crippen LogP contribution in [0.25, 0.3) is 0 Å². The summed E-state index contributed by atoms with van der Waals surface area (Å²) in [6.45, 7) is 5.68. The fraction of sp³-hybridized carbons (Fsp3) is 1.00. The molecule has 0 aromatic carbocycles. The maximum Gasteiger partial charge on any atom is 0.0218 e. The number of nitrogens with two attached hydrogens (primary N) is 1. The van der Waals surface area contributed by atoms with Crippen molar-refractivity contribution in [1.29, 1.82) is 0 Å². The molecule has 0 radical (unpaired) electrons.